The van der Waals surface area contributed by atoms with Crippen LogP contribution < -0.4 is 16.5 Å². The van der Waals surface area contributed by atoms with E-state index in [2.05, 4.69) is 21.9 Å². The Balaban J connectivity index is 1.65. The lowest BCUT2D eigenvalue weighted by Gasteiger charge is -2.15. The lowest BCUT2D eigenvalue weighted by Crippen LogP contribution is -2.14. The number of pyridine rings is 1. The van der Waals surface area contributed by atoms with Gasteiger partial charge in [0, 0.05) is 16.9 Å². The molecule has 0 aliphatic heterocycles. The summed E-state index contributed by atoms with van der Waals surface area (Å²) in [5.41, 5.74) is 15.0. The zero-order valence-electron chi connectivity index (χ0n) is 18.8. The molecule has 3 aromatic carbocycles. The first kappa shape index (κ1) is 22.5. The highest BCUT2D eigenvalue weighted by Gasteiger charge is 2.18. The smallest absolute Gasteiger partial charge is 0.257 e. The monoisotopic (exact) mass is 449 g/mol. The van der Waals surface area contributed by atoms with Crippen LogP contribution in [0.5, 0.6) is 0 Å². The van der Waals surface area contributed by atoms with Crippen molar-refractivity contribution < 1.29 is 10.0 Å². The standard InChI is InChI=1S/C27H23N5O2/c1-16-7-12-23(26(30-16)21-13-14-24(32-34)25(29)17(21)2)27(33)31-20-10-8-18(9-11-20)22-6-4-3-5-19(22)15-28/h3-14,32,34H,29H2,1-2H3,(H,31,33). The maximum Gasteiger partial charge on any atom is 0.257 e. The maximum absolute atomic E-state index is 13.2. The minimum absolute atomic E-state index is 0.310. The van der Waals surface area contributed by atoms with Crippen molar-refractivity contribution in [3.8, 4) is 28.5 Å². The van der Waals surface area contributed by atoms with Gasteiger partial charge in [0.25, 0.3) is 5.91 Å². The van der Waals surface area contributed by atoms with Gasteiger partial charge in [-0.2, -0.15) is 5.26 Å². The van der Waals surface area contributed by atoms with Gasteiger partial charge in [-0.25, -0.2) is 0 Å². The van der Waals surface area contributed by atoms with Gasteiger partial charge >= 0.3 is 0 Å². The largest absolute Gasteiger partial charge is 0.397 e. The Labute approximate surface area is 197 Å². The molecule has 34 heavy (non-hydrogen) atoms. The molecule has 5 N–H and O–H groups in total. The van der Waals surface area contributed by atoms with Gasteiger partial charge in [0.1, 0.15) is 0 Å². The predicted molar refractivity (Wildman–Crippen MR) is 134 cm³/mol. The third-order valence-electron chi connectivity index (χ3n) is 5.67. The number of carbonyl (C=O) groups is 1. The summed E-state index contributed by atoms with van der Waals surface area (Å²) in [4.78, 5) is 17.8. The molecular weight excluding hydrogens is 426 g/mol. The van der Waals surface area contributed by atoms with E-state index < -0.39 is 0 Å². The molecule has 4 aromatic rings. The number of anilines is 3. The molecule has 0 unspecified atom stereocenters. The molecule has 0 saturated heterocycles. The third kappa shape index (κ3) is 4.31. The number of hydrogen-bond acceptors (Lipinski definition) is 6. The Hall–Kier alpha value is -4.67. The number of nitrogens with two attached hydrogens (primary N) is 1. The first-order valence-electron chi connectivity index (χ1n) is 10.6. The minimum atomic E-state index is -0.310. The molecule has 7 heteroatoms. The molecule has 1 amide bonds. The molecule has 0 aliphatic carbocycles. The zero-order valence-corrected chi connectivity index (χ0v) is 18.8. The number of hydrogen-bond donors (Lipinski definition) is 4. The number of rotatable bonds is 5. The minimum Gasteiger partial charge on any atom is -0.397 e. The fourth-order valence-electron chi connectivity index (χ4n) is 3.79. The van der Waals surface area contributed by atoms with Crippen LogP contribution in [0.3, 0.4) is 0 Å². The van der Waals surface area contributed by atoms with E-state index in [1.807, 2.05) is 44.2 Å². The van der Waals surface area contributed by atoms with E-state index in [-0.39, 0.29) is 5.91 Å². The number of carbonyl (C=O) groups excluding carboxylic acids is 1. The van der Waals surface area contributed by atoms with Crippen LogP contribution in [0.1, 0.15) is 27.2 Å². The Morgan fingerprint density at radius 2 is 1.71 bits per heavy atom. The van der Waals surface area contributed by atoms with Gasteiger partial charge in [0.2, 0.25) is 0 Å². The maximum atomic E-state index is 13.2. The van der Waals surface area contributed by atoms with Crippen molar-refractivity contribution in [2.75, 3.05) is 16.5 Å². The second-order valence-corrected chi connectivity index (χ2v) is 7.85. The fourth-order valence-corrected chi connectivity index (χ4v) is 3.79. The average Bonchev–Trinajstić information content (AvgIpc) is 2.86. The fraction of sp³-hybridized carbons (Fsp3) is 0.0741. The highest BCUT2D eigenvalue weighted by molar-refractivity contribution is 6.08. The SMILES string of the molecule is Cc1ccc(C(=O)Nc2ccc(-c3ccccc3C#N)cc2)c(-c2ccc(NO)c(N)c2C)n1. The summed E-state index contributed by atoms with van der Waals surface area (Å²) in [5.74, 6) is -0.310. The lowest BCUT2D eigenvalue weighted by atomic mass is 9.98. The molecular formula is C27H23N5O2. The van der Waals surface area contributed by atoms with Crippen molar-refractivity contribution >= 4 is 23.0 Å². The Morgan fingerprint density at radius 1 is 0.971 bits per heavy atom. The first-order valence-corrected chi connectivity index (χ1v) is 10.6. The molecule has 1 heterocycles. The predicted octanol–water partition coefficient (Wildman–Crippen LogP) is 5.54. The molecule has 168 valence electrons. The molecule has 0 saturated carbocycles. The van der Waals surface area contributed by atoms with Crippen molar-refractivity contribution in [1.29, 1.82) is 5.26 Å². The molecule has 0 atom stereocenters. The highest BCUT2D eigenvalue weighted by atomic mass is 16.5. The second kappa shape index (κ2) is 9.45. The van der Waals surface area contributed by atoms with E-state index in [1.54, 1.807) is 42.5 Å². The molecule has 7 nitrogen and oxygen atoms in total. The van der Waals surface area contributed by atoms with E-state index in [0.717, 1.165) is 16.8 Å². The summed E-state index contributed by atoms with van der Waals surface area (Å²) in [6, 6.07) is 23.8. The number of nitrogen functional groups attached to an aromatic ring is 1. The zero-order chi connectivity index (χ0) is 24.2. The normalized spacial score (nSPS) is 10.4. The Bertz CT molecular complexity index is 1420. The number of aromatic nitrogens is 1. The van der Waals surface area contributed by atoms with Gasteiger partial charge in [-0.15, -0.1) is 0 Å². The molecule has 0 spiro atoms. The van der Waals surface area contributed by atoms with Crippen molar-refractivity contribution in [3.05, 3.63) is 95.2 Å². The molecule has 0 fully saturated rings. The van der Waals surface area contributed by atoms with E-state index in [0.29, 0.717) is 45.0 Å². The number of amides is 1. The molecule has 0 bridgehead atoms. The summed E-state index contributed by atoms with van der Waals surface area (Å²) < 4.78 is 0. The summed E-state index contributed by atoms with van der Waals surface area (Å²) in [7, 11) is 0. The van der Waals surface area contributed by atoms with Crippen LogP contribution in [0.4, 0.5) is 17.1 Å². The lowest BCUT2D eigenvalue weighted by molar-refractivity contribution is 0.102. The van der Waals surface area contributed by atoms with Crippen LogP contribution in [0.25, 0.3) is 22.4 Å². The third-order valence-corrected chi connectivity index (χ3v) is 5.67. The Morgan fingerprint density at radius 3 is 2.41 bits per heavy atom. The number of nitrogens with one attached hydrogen (secondary N) is 2. The summed E-state index contributed by atoms with van der Waals surface area (Å²) in [6.45, 7) is 3.67. The van der Waals surface area contributed by atoms with Crippen LogP contribution in [0, 0.1) is 25.2 Å². The van der Waals surface area contributed by atoms with Gasteiger partial charge < -0.3 is 11.1 Å². The number of nitrogens with zero attached hydrogens (tertiary/aromatic N) is 2. The van der Waals surface area contributed by atoms with Gasteiger partial charge in [-0.05, 0) is 66.9 Å². The first-order chi connectivity index (χ1) is 16.4. The van der Waals surface area contributed by atoms with Crippen LogP contribution in [0.15, 0.2) is 72.8 Å². The van der Waals surface area contributed by atoms with E-state index in [1.165, 1.54) is 0 Å². The quantitative estimate of drug-likeness (QED) is 0.234. The Kier molecular flexibility index (Phi) is 6.26. The summed E-state index contributed by atoms with van der Waals surface area (Å²) >= 11 is 0. The molecule has 1 aromatic heterocycles. The number of benzene rings is 3. The number of aryl methyl sites for hydroxylation is 1. The topological polar surface area (TPSA) is 124 Å². The highest BCUT2D eigenvalue weighted by Crippen LogP contribution is 2.33. The number of nitriles is 1. The van der Waals surface area contributed by atoms with Gasteiger partial charge in [0.15, 0.2) is 0 Å². The van der Waals surface area contributed by atoms with Gasteiger partial charge in [0.05, 0.1) is 34.3 Å². The van der Waals surface area contributed by atoms with Crippen LogP contribution >= 0.6 is 0 Å². The van der Waals surface area contributed by atoms with Gasteiger partial charge in [-0.3, -0.25) is 20.5 Å². The van der Waals surface area contributed by atoms with Gasteiger partial charge in [-0.1, -0.05) is 36.4 Å². The summed E-state index contributed by atoms with van der Waals surface area (Å²) in [5, 5.41) is 21.5. The van der Waals surface area contributed by atoms with Crippen LogP contribution in [-0.4, -0.2) is 16.1 Å². The van der Waals surface area contributed by atoms with E-state index >= 15 is 0 Å². The van der Waals surface area contributed by atoms with Crippen molar-refractivity contribution in [1.82, 2.24) is 4.98 Å². The molecule has 4 rings (SSSR count). The van der Waals surface area contributed by atoms with Crippen LogP contribution in [-0.2, 0) is 0 Å². The summed E-state index contributed by atoms with van der Waals surface area (Å²) in [6.07, 6.45) is 0. The van der Waals surface area contributed by atoms with E-state index in [4.69, 9.17) is 5.73 Å². The van der Waals surface area contributed by atoms with Crippen LogP contribution in [0.2, 0.25) is 0 Å². The second-order valence-electron chi connectivity index (χ2n) is 7.85. The molecule has 0 radical (unpaired) electrons. The molecule has 0 aliphatic rings. The average molecular weight is 450 g/mol. The van der Waals surface area contributed by atoms with Crippen molar-refractivity contribution in [2.45, 2.75) is 13.8 Å². The van der Waals surface area contributed by atoms with E-state index in [9.17, 15) is 15.3 Å². The van der Waals surface area contributed by atoms with Crippen molar-refractivity contribution in [3.63, 3.8) is 0 Å². The van der Waals surface area contributed by atoms with Crippen molar-refractivity contribution in [2.24, 2.45) is 0 Å².